The Kier molecular flexibility index (Phi) is 8.53. The minimum atomic E-state index is 0.635. The van der Waals surface area contributed by atoms with Crippen LogP contribution in [0.5, 0.6) is 0 Å². The van der Waals surface area contributed by atoms with Crippen LogP contribution in [0.2, 0.25) is 0 Å². The fourth-order valence-electron chi connectivity index (χ4n) is 1.68. The van der Waals surface area contributed by atoms with Gasteiger partial charge in [0.1, 0.15) is 0 Å². The molecule has 0 amide bonds. The zero-order chi connectivity index (χ0) is 12.3. The van der Waals surface area contributed by atoms with Crippen molar-refractivity contribution in [1.29, 1.82) is 0 Å². The molecular formula is C13H26N2OS. The Morgan fingerprint density at radius 1 is 1.35 bits per heavy atom. The van der Waals surface area contributed by atoms with Gasteiger partial charge in [0.15, 0.2) is 5.17 Å². The smallest absolute Gasteiger partial charge is 0.156 e. The van der Waals surface area contributed by atoms with Crippen LogP contribution in [0.3, 0.4) is 0 Å². The molecule has 0 saturated carbocycles. The lowest BCUT2D eigenvalue weighted by Gasteiger charge is -2.24. The maximum atomic E-state index is 5.51. The summed E-state index contributed by atoms with van der Waals surface area (Å²) in [4.78, 5) is 4.59. The molecule has 17 heavy (non-hydrogen) atoms. The first kappa shape index (κ1) is 14.8. The van der Waals surface area contributed by atoms with Crippen LogP contribution < -0.4 is 5.32 Å². The summed E-state index contributed by atoms with van der Waals surface area (Å²) in [5.41, 5.74) is 0. The molecule has 1 saturated heterocycles. The number of nitrogens with one attached hydrogen (secondary N) is 1. The molecule has 1 fully saturated rings. The summed E-state index contributed by atoms with van der Waals surface area (Å²) in [6.07, 6.45) is 5.87. The van der Waals surface area contributed by atoms with Crippen molar-refractivity contribution in [1.82, 2.24) is 5.32 Å². The Labute approximate surface area is 110 Å². The number of hydrogen-bond acceptors (Lipinski definition) is 3. The molecule has 0 aliphatic carbocycles. The number of ether oxygens (including phenoxy) is 1. The second kappa shape index (κ2) is 9.77. The van der Waals surface area contributed by atoms with Crippen LogP contribution in [0.4, 0.5) is 0 Å². The van der Waals surface area contributed by atoms with Gasteiger partial charge in [-0.3, -0.25) is 4.99 Å². The van der Waals surface area contributed by atoms with Gasteiger partial charge in [-0.25, -0.2) is 0 Å². The van der Waals surface area contributed by atoms with Gasteiger partial charge in [0, 0.05) is 31.6 Å². The molecule has 1 aliphatic rings. The lowest BCUT2D eigenvalue weighted by atomic mass is 10.2. The van der Waals surface area contributed by atoms with E-state index in [0.29, 0.717) is 6.04 Å². The molecule has 100 valence electrons. The van der Waals surface area contributed by atoms with Crippen molar-refractivity contribution in [2.45, 2.75) is 52.0 Å². The predicted octanol–water partition coefficient (Wildman–Crippen LogP) is 3.05. The third kappa shape index (κ3) is 6.94. The topological polar surface area (TPSA) is 33.6 Å². The first-order valence-electron chi connectivity index (χ1n) is 6.88. The minimum absolute atomic E-state index is 0.635. The average Bonchev–Trinajstić information content (AvgIpc) is 2.38. The molecule has 1 atom stereocenters. The Balaban J connectivity index is 2.03. The van der Waals surface area contributed by atoms with E-state index in [-0.39, 0.29) is 0 Å². The molecule has 0 aromatic heterocycles. The van der Waals surface area contributed by atoms with Gasteiger partial charge in [0.2, 0.25) is 0 Å². The highest BCUT2D eigenvalue weighted by atomic mass is 32.2. The Morgan fingerprint density at radius 2 is 2.18 bits per heavy atom. The van der Waals surface area contributed by atoms with Crippen LogP contribution in [0.15, 0.2) is 4.99 Å². The second-order valence-corrected chi connectivity index (χ2v) is 5.48. The molecule has 0 bridgehead atoms. The maximum absolute atomic E-state index is 5.51. The average molecular weight is 258 g/mol. The van der Waals surface area contributed by atoms with E-state index in [1.807, 2.05) is 11.8 Å². The van der Waals surface area contributed by atoms with Gasteiger partial charge in [0.25, 0.3) is 0 Å². The monoisotopic (exact) mass is 258 g/mol. The molecule has 0 radical (unpaired) electrons. The quantitative estimate of drug-likeness (QED) is 0.679. The van der Waals surface area contributed by atoms with Crippen LogP contribution >= 0.6 is 11.8 Å². The largest absolute Gasteiger partial charge is 0.381 e. The van der Waals surface area contributed by atoms with Crippen molar-refractivity contribution >= 4 is 16.9 Å². The van der Waals surface area contributed by atoms with Gasteiger partial charge in [-0.15, -0.1) is 0 Å². The molecule has 1 heterocycles. The summed E-state index contributed by atoms with van der Waals surface area (Å²) in [5, 5.41) is 4.62. The van der Waals surface area contributed by atoms with E-state index in [0.717, 1.165) is 31.3 Å². The number of thioether (sulfide) groups is 1. The Bertz CT molecular complexity index is 221. The molecular weight excluding hydrogens is 232 g/mol. The summed E-state index contributed by atoms with van der Waals surface area (Å²) in [6.45, 7) is 7.05. The van der Waals surface area contributed by atoms with Crippen molar-refractivity contribution in [2.24, 2.45) is 4.99 Å². The number of nitrogens with zero attached hydrogens (tertiary/aromatic N) is 1. The second-order valence-electron chi connectivity index (χ2n) is 4.39. The number of rotatable bonds is 8. The van der Waals surface area contributed by atoms with Crippen LogP contribution in [0.25, 0.3) is 0 Å². The van der Waals surface area contributed by atoms with Gasteiger partial charge in [-0.2, -0.15) is 0 Å². The molecule has 3 nitrogen and oxygen atoms in total. The first-order chi connectivity index (χ1) is 8.36. The van der Waals surface area contributed by atoms with Gasteiger partial charge in [0.05, 0.1) is 0 Å². The predicted molar refractivity (Wildman–Crippen MR) is 76.9 cm³/mol. The fraction of sp³-hybridized carbons (Fsp3) is 0.923. The third-order valence-corrected chi connectivity index (χ3v) is 3.83. The molecule has 1 unspecified atom stereocenters. The van der Waals surface area contributed by atoms with E-state index < -0.39 is 0 Å². The zero-order valence-electron chi connectivity index (χ0n) is 11.2. The lowest BCUT2D eigenvalue weighted by Crippen LogP contribution is -2.37. The van der Waals surface area contributed by atoms with E-state index in [1.54, 1.807) is 0 Å². The number of unbranched alkanes of at least 4 members (excludes halogenated alkanes) is 1. The molecule has 1 rings (SSSR count). The Hall–Kier alpha value is -0.220. The fourth-order valence-corrected chi connectivity index (χ4v) is 2.71. The van der Waals surface area contributed by atoms with Crippen LogP contribution in [0, 0.1) is 0 Å². The Morgan fingerprint density at radius 3 is 2.94 bits per heavy atom. The van der Waals surface area contributed by atoms with Gasteiger partial charge < -0.3 is 10.1 Å². The highest BCUT2D eigenvalue weighted by molar-refractivity contribution is 8.13. The summed E-state index contributed by atoms with van der Waals surface area (Å²) in [7, 11) is 0. The van der Waals surface area contributed by atoms with Crippen molar-refractivity contribution < 1.29 is 4.74 Å². The molecule has 0 spiro atoms. The van der Waals surface area contributed by atoms with Crippen molar-refractivity contribution in [3.8, 4) is 0 Å². The van der Waals surface area contributed by atoms with Crippen LogP contribution in [-0.4, -0.2) is 36.7 Å². The van der Waals surface area contributed by atoms with E-state index in [4.69, 9.17) is 4.74 Å². The molecule has 1 N–H and O–H groups in total. The zero-order valence-corrected chi connectivity index (χ0v) is 12.0. The van der Waals surface area contributed by atoms with E-state index in [2.05, 4.69) is 24.2 Å². The van der Waals surface area contributed by atoms with Crippen LogP contribution in [0.1, 0.15) is 46.0 Å². The number of aliphatic imine (C=N–C) groups is 1. The maximum Gasteiger partial charge on any atom is 0.156 e. The van der Waals surface area contributed by atoms with Crippen LogP contribution in [-0.2, 0) is 4.74 Å². The number of amidine groups is 1. The van der Waals surface area contributed by atoms with Crippen molar-refractivity contribution in [3.05, 3.63) is 0 Å². The minimum Gasteiger partial charge on any atom is -0.381 e. The lowest BCUT2D eigenvalue weighted by molar-refractivity contribution is 0.130. The van der Waals surface area contributed by atoms with Gasteiger partial charge in [-0.1, -0.05) is 32.0 Å². The number of hydrogen-bond donors (Lipinski definition) is 1. The summed E-state index contributed by atoms with van der Waals surface area (Å²) in [6, 6.07) is 0.635. The van der Waals surface area contributed by atoms with E-state index in [9.17, 15) is 0 Å². The summed E-state index contributed by atoms with van der Waals surface area (Å²) in [5.74, 6) is 1.21. The summed E-state index contributed by atoms with van der Waals surface area (Å²) >= 11 is 1.85. The SMILES string of the molecule is CCCCOCCCN=C1NC(CC)CCS1. The summed E-state index contributed by atoms with van der Waals surface area (Å²) < 4.78 is 5.51. The highest BCUT2D eigenvalue weighted by Crippen LogP contribution is 2.15. The highest BCUT2D eigenvalue weighted by Gasteiger charge is 2.14. The molecule has 0 aromatic carbocycles. The molecule has 1 aliphatic heterocycles. The first-order valence-corrected chi connectivity index (χ1v) is 7.86. The van der Waals surface area contributed by atoms with Gasteiger partial charge >= 0.3 is 0 Å². The van der Waals surface area contributed by atoms with Crippen molar-refractivity contribution in [3.63, 3.8) is 0 Å². The molecule has 4 heteroatoms. The van der Waals surface area contributed by atoms with E-state index in [1.165, 1.54) is 31.4 Å². The molecule has 0 aromatic rings. The third-order valence-electron chi connectivity index (χ3n) is 2.87. The normalized spacial score (nSPS) is 22.7. The van der Waals surface area contributed by atoms with Gasteiger partial charge in [-0.05, 0) is 25.7 Å². The van der Waals surface area contributed by atoms with Crippen molar-refractivity contribution in [2.75, 3.05) is 25.5 Å². The van der Waals surface area contributed by atoms with E-state index >= 15 is 0 Å². The standard InChI is InChI=1S/C13H26N2OS/c1-3-5-9-16-10-6-8-14-13-15-12(4-2)7-11-17-13/h12H,3-11H2,1-2H3,(H,14,15).